The number of nitrogens with one attached hydrogen (secondary N) is 1. The molecule has 19 heavy (non-hydrogen) atoms. The van der Waals surface area contributed by atoms with E-state index in [-0.39, 0.29) is 6.42 Å². The van der Waals surface area contributed by atoms with Gasteiger partial charge in [0.25, 0.3) is 0 Å². The van der Waals surface area contributed by atoms with Gasteiger partial charge in [-0.15, -0.1) is 0 Å². The molecule has 2 rings (SSSR count). The summed E-state index contributed by atoms with van der Waals surface area (Å²) in [5, 5.41) is 11.2. The third-order valence-corrected chi connectivity index (χ3v) is 2.91. The van der Waals surface area contributed by atoms with Gasteiger partial charge in [0.1, 0.15) is 5.75 Å². The Morgan fingerprint density at radius 2 is 2.26 bits per heavy atom. The maximum absolute atomic E-state index is 11.7. The minimum atomic E-state index is -1.10. The summed E-state index contributed by atoms with van der Waals surface area (Å²) >= 11 is 0. The third-order valence-electron chi connectivity index (χ3n) is 2.91. The number of aryl methyl sites for hydroxylation is 1. The number of ether oxygens (including phenoxy) is 1. The first-order valence-electron chi connectivity index (χ1n) is 6.10. The van der Waals surface area contributed by atoms with Gasteiger partial charge in [0, 0.05) is 5.69 Å². The van der Waals surface area contributed by atoms with E-state index in [1.165, 1.54) is 0 Å². The van der Waals surface area contributed by atoms with E-state index in [0.717, 1.165) is 24.2 Å². The first-order valence-corrected chi connectivity index (χ1v) is 6.10. The molecule has 0 fully saturated rings. The number of aliphatic carboxylic acids is 1. The summed E-state index contributed by atoms with van der Waals surface area (Å²) < 4.78 is 5.47. The zero-order valence-electron chi connectivity index (χ0n) is 10.4. The minimum Gasteiger partial charge on any atom is -0.493 e. The third kappa shape index (κ3) is 3.45. The molecule has 1 aromatic carbocycles. The molecule has 1 unspecified atom stereocenters. The van der Waals surface area contributed by atoms with Crippen LogP contribution in [0.2, 0.25) is 0 Å². The first-order chi connectivity index (χ1) is 9.06. The van der Waals surface area contributed by atoms with Gasteiger partial charge in [0.2, 0.25) is 5.91 Å². The fraction of sp³-hybridized carbons (Fsp3) is 0.385. The fourth-order valence-electron chi connectivity index (χ4n) is 1.95. The second kappa shape index (κ2) is 5.71. The van der Waals surface area contributed by atoms with Crippen molar-refractivity contribution in [1.82, 2.24) is 0 Å². The van der Waals surface area contributed by atoms with Crippen LogP contribution < -0.4 is 15.8 Å². The highest BCUT2D eigenvalue weighted by atomic mass is 16.5. The Morgan fingerprint density at radius 1 is 1.47 bits per heavy atom. The van der Waals surface area contributed by atoms with E-state index < -0.39 is 17.9 Å². The van der Waals surface area contributed by atoms with Crippen molar-refractivity contribution in [3.8, 4) is 5.75 Å². The molecule has 102 valence electrons. The number of fused-ring (bicyclic) bond motifs is 1. The molecule has 1 amide bonds. The van der Waals surface area contributed by atoms with Crippen LogP contribution in [-0.2, 0) is 16.0 Å². The van der Waals surface area contributed by atoms with Crippen LogP contribution in [0.1, 0.15) is 18.4 Å². The Morgan fingerprint density at radius 3 is 3.00 bits per heavy atom. The van der Waals surface area contributed by atoms with Crippen LogP contribution in [0, 0.1) is 0 Å². The predicted octanol–water partition coefficient (Wildman–Crippen LogP) is 0.752. The Balaban J connectivity index is 2.03. The molecule has 0 aliphatic carbocycles. The molecule has 4 N–H and O–H groups in total. The van der Waals surface area contributed by atoms with E-state index in [4.69, 9.17) is 15.6 Å². The summed E-state index contributed by atoms with van der Waals surface area (Å²) in [6.07, 6.45) is 1.46. The number of hydrogen-bond acceptors (Lipinski definition) is 4. The molecule has 0 saturated carbocycles. The number of carboxylic acids is 1. The Hall–Kier alpha value is -2.08. The van der Waals surface area contributed by atoms with Crippen molar-refractivity contribution < 1.29 is 19.4 Å². The summed E-state index contributed by atoms with van der Waals surface area (Å²) in [5.74, 6) is -0.764. The fourth-order valence-corrected chi connectivity index (χ4v) is 1.95. The molecular formula is C13H16N2O4. The Kier molecular flexibility index (Phi) is 4.01. The van der Waals surface area contributed by atoms with E-state index in [1.54, 1.807) is 12.1 Å². The zero-order valence-corrected chi connectivity index (χ0v) is 10.4. The van der Waals surface area contributed by atoms with Gasteiger partial charge in [0.05, 0.1) is 19.1 Å². The SMILES string of the molecule is NC(CC(=O)O)C(=O)Nc1ccc2c(c1)CCCO2. The van der Waals surface area contributed by atoms with Crippen LogP contribution in [0.25, 0.3) is 0 Å². The smallest absolute Gasteiger partial charge is 0.305 e. The first kappa shape index (κ1) is 13.4. The van der Waals surface area contributed by atoms with Gasteiger partial charge in [-0.25, -0.2) is 0 Å². The van der Waals surface area contributed by atoms with E-state index in [2.05, 4.69) is 5.32 Å². The second-order valence-corrected chi connectivity index (χ2v) is 4.47. The van der Waals surface area contributed by atoms with Crippen molar-refractivity contribution in [1.29, 1.82) is 0 Å². The molecule has 0 bridgehead atoms. The standard InChI is InChI=1S/C13H16N2O4/c14-10(7-12(16)17)13(18)15-9-3-4-11-8(6-9)2-1-5-19-11/h3-4,6,10H,1-2,5,7,14H2,(H,15,18)(H,16,17). The summed E-state index contributed by atoms with van der Waals surface area (Å²) in [7, 11) is 0. The van der Waals surface area contributed by atoms with Gasteiger partial charge >= 0.3 is 5.97 Å². The van der Waals surface area contributed by atoms with Crippen LogP contribution in [0.5, 0.6) is 5.75 Å². The molecule has 0 spiro atoms. The van der Waals surface area contributed by atoms with Crippen molar-refractivity contribution in [3.05, 3.63) is 23.8 Å². The maximum Gasteiger partial charge on any atom is 0.305 e. The average Bonchev–Trinajstić information content (AvgIpc) is 2.37. The quantitative estimate of drug-likeness (QED) is 0.745. The number of carbonyl (C=O) groups excluding carboxylic acids is 1. The van der Waals surface area contributed by atoms with E-state index in [9.17, 15) is 9.59 Å². The normalized spacial score (nSPS) is 15.0. The lowest BCUT2D eigenvalue weighted by Crippen LogP contribution is -2.37. The molecule has 1 heterocycles. The molecule has 6 heteroatoms. The number of carboxylic acid groups (broad SMARTS) is 1. The van der Waals surface area contributed by atoms with E-state index >= 15 is 0 Å². The van der Waals surface area contributed by atoms with Crippen LogP contribution in [-0.4, -0.2) is 29.6 Å². The topological polar surface area (TPSA) is 102 Å². The van der Waals surface area contributed by atoms with Crippen molar-refractivity contribution in [2.45, 2.75) is 25.3 Å². The summed E-state index contributed by atoms with van der Waals surface area (Å²) in [6.45, 7) is 0.711. The molecule has 0 radical (unpaired) electrons. The number of rotatable bonds is 4. The molecule has 0 saturated heterocycles. The number of carbonyl (C=O) groups is 2. The Bertz CT molecular complexity index is 501. The number of hydrogen-bond donors (Lipinski definition) is 3. The van der Waals surface area contributed by atoms with E-state index in [0.29, 0.717) is 12.3 Å². The monoisotopic (exact) mass is 264 g/mol. The largest absolute Gasteiger partial charge is 0.493 e. The van der Waals surface area contributed by atoms with Crippen LogP contribution in [0.15, 0.2) is 18.2 Å². The van der Waals surface area contributed by atoms with Crippen molar-refractivity contribution in [3.63, 3.8) is 0 Å². The van der Waals surface area contributed by atoms with Gasteiger partial charge in [0.15, 0.2) is 0 Å². The highest BCUT2D eigenvalue weighted by molar-refractivity contribution is 5.96. The van der Waals surface area contributed by atoms with Crippen molar-refractivity contribution in [2.75, 3.05) is 11.9 Å². The molecule has 1 aromatic rings. The zero-order chi connectivity index (χ0) is 13.8. The number of amides is 1. The van der Waals surface area contributed by atoms with Gasteiger partial charge in [-0.3, -0.25) is 9.59 Å². The molecular weight excluding hydrogens is 248 g/mol. The van der Waals surface area contributed by atoms with Crippen LogP contribution in [0.3, 0.4) is 0 Å². The molecule has 6 nitrogen and oxygen atoms in total. The van der Waals surface area contributed by atoms with E-state index in [1.807, 2.05) is 6.07 Å². The summed E-state index contributed by atoms with van der Waals surface area (Å²) in [6, 6.07) is 4.30. The summed E-state index contributed by atoms with van der Waals surface area (Å²) in [4.78, 5) is 22.2. The number of nitrogens with two attached hydrogens (primary N) is 1. The van der Waals surface area contributed by atoms with Gasteiger partial charge in [-0.2, -0.15) is 0 Å². The Labute approximate surface area is 110 Å². The van der Waals surface area contributed by atoms with Gasteiger partial charge in [-0.05, 0) is 36.6 Å². The second-order valence-electron chi connectivity index (χ2n) is 4.47. The van der Waals surface area contributed by atoms with Crippen molar-refractivity contribution >= 4 is 17.6 Å². The highest BCUT2D eigenvalue weighted by Crippen LogP contribution is 2.27. The lowest BCUT2D eigenvalue weighted by molar-refractivity contribution is -0.138. The average molecular weight is 264 g/mol. The lowest BCUT2D eigenvalue weighted by atomic mass is 10.1. The van der Waals surface area contributed by atoms with Gasteiger partial charge in [-0.1, -0.05) is 0 Å². The maximum atomic E-state index is 11.7. The predicted molar refractivity (Wildman–Crippen MR) is 69.1 cm³/mol. The number of anilines is 1. The summed E-state index contributed by atoms with van der Waals surface area (Å²) in [5.41, 5.74) is 7.13. The molecule has 0 aromatic heterocycles. The number of benzene rings is 1. The van der Waals surface area contributed by atoms with Crippen LogP contribution in [0.4, 0.5) is 5.69 Å². The molecule has 1 aliphatic rings. The van der Waals surface area contributed by atoms with Crippen LogP contribution >= 0.6 is 0 Å². The van der Waals surface area contributed by atoms with Crippen molar-refractivity contribution in [2.24, 2.45) is 5.73 Å². The lowest BCUT2D eigenvalue weighted by Gasteiger charge is -2.18. The molecule has 1 aliphatic heterocycles. The van der Waals surface area contributed by atoms with Gasteiger partial charge < -0.3 is 20.9 Å². The molecule has 1 atom stereocenters. The highest BCUT2D eigenvalue weighted by Gasteiger charge is 2.18. The minimum absolute atomic E-state index is 0.389.